The molecule has 0 spiro atoms. The maximum Gasteiger partial charge on any atom is 0.265 e. The number of aryl methyl sites for hydroxylation is 2. The molecule has 2 aromatic rings. The van der Waals surface area contributed by atoms with E-state index in [1.165, 1.54) is 5.56 Å². The second kappa shape index (κ2) is 8.20. The van der Waals surface area contributed by atoms with Gasteiger partial charge in [-0.25, -0.2) is 0 Å². The van der Waals surface area contributed by atoms with E-state index >= 15 is 0 Å². The standard InChI is InChI=1S/C20H23NO3/c1-5-12-23-18-10-7-17(8-11-18)21-20(22)16(4)24-19-9-6-14(2)15(3)13-19/h5-11,13,16H,1,12H2,2-4H3,(H,21,22)/t16-/m0/s1. The van der Waals surface area contributed by atoms with E-state index in [1.54, 1.807) is 37.3 Å². The Kier molecular flexibility index (Phi) is 6.01. The van der Waals surface area contributed by atoms with E-state index in [9.17, 15) is 4.79 Å². The summed E-state index contributed by atoms with van der Waals surface area (Å²) >= 11 is 0. The van der Waals surface area contributed by atoms with Gasteiger partial charge in [-0.15, -0.1) is 0 Å². The molecule has 0 radical (unpaired) electrons. The van der Waals surface area contributed by atoms with Gasteiger partial charge >= 0.3 is 0 Å². The van der Waals surface area contributed by atoms with Crippen LogP contribution in [0.3, 0.4) is 0 Å². The summed E-state index contributed by atoms with van der Waals surface area (Å²) in [5.74, 6) is 1.22. The Morgan fingerprint density at radius 1 is 1.12 bits per heavy atom. The Bertz CT molecular complexity index is 707. The fourth-order valence-electron chi connectivity index (χ4n) is 2.08. The Balaban J connectivity index is 1.93. The number of ether oxygens (including phenoxy) is 2. The van der Waals surface area contributed by atoms with Gasteiger partial charge in [0.15, 0.2) is 6.10 Å². The Hall–Kier alpha value is -2.75. The van der Waals surface area contributed by atoms with E-state index in [0.29, 0.717) is 18.0 Å². The van der Waals surface area contributed by atoms with E-state index in [4.69, 9.17) is 9.47 Å². The van der Waals surface area contributed by atoms with Gasteiger partial charge in [0, 0.05) is 5.69 Å². The van der Waals surface area contributed by atoms with Crippen LogP contribution in [0.15, 0.2) is 55.1 Å². The minimum atomic E-state index is -0.594. The first-order chi connectivity index (χ1) is 11.5. The second-order valence-corrected chi connectivity index (χ2v) is 5.62. The van der Waals surface area contributed by atoms with Gasteiger partial charge < -0.3 is 14.8 Å². The number of hydrogen-bond acceptors (Lipinski definition) is 3. The number of nitrogens with one attached hydrogen (secondary N) is 1. The van der Waals surface area contributed by atoms with Crippen LogP contribution in [0.2, 0.25) is 0 Å². The number of carbonyl (C=O) groups excluding carboxylic acids is 1. The van der Waals surface area contributed by atoms with E-state index in [2.05, 4.69) is 11.9 Å². The third-order valence-electron chi connectivity index (χ3n) is 3.65. The van der Waals surface area contributed by atoms with E-state index in [-0.39, 0.29) is 5.91 Å². The number of anilines is 1. The van der Waals surface area contributed by atoms with E-state index in [1.807, 2.05) is 32.0 Å². The van der Waals surface area contributed by atoms with Crippen molar-refractivity contribution in [2.24, 2.45) is 0 Å². The summed E-state index contributed by atoms with van der Waals surface area (Å²) in [6.07, 6.45) is 1.09. The maximum absolute atomic E-state index is 12.2. The molecular formula is C20H23NO3. The molecule has 0 aliphatic heterocycles. The monoisotopic (exact) mass is 325 g/mol. The molecule has 0 unspecified atom stereocenters. The Morgan fingerprint density at radius 2 is 1.79 bits per heavy atom. The molecule has 4 nitrogen and oxygen atoms in total. The number of hydrogen-bond donors (Lipinski definition) is 1. The van der Waals surface area contributed by atoms with Crippen molar-refractivity contribution in [1.29, 1.82) is 0 Å². The molecule has 1 amide bonds. The average Bonchev–Trinajstić information content (AvgIpc) is 2.57. The number of benzene rings is 2. The molecule has 4 heteroatoms. The normalized spacial score (nSPS) is 11.5. The van der Waals surface area contributed by atoms with Crippen LogP contribution in [0.4, 0.5) is 5.69 Å². The first kappa shape index (κ1) is 17.6. The molecule has 0 saturated carbocycles. The molecule has 24 heavy (non-hydrogen) atoms. The highest BCUT2D eigenvalue weighted by Gasteiger charge is 2.15. The van der Waals surface area contributed by atoms with Gasteiger partial charge in [0.1, 0.15) is 18.1 Å². The summed E-state index contributed by atoms with van der Waals surface area (Å²) < 4.78 is 11.1. The van der Waals surface area contributed by atoms with Gasteiger partial charge in [-0.2, -0.15) is 0 Å². The lowest BCUT2D eigenvalue weighted by Crippen LogP contribution is -2.30. The molecule has 0 bridgehead atoms. The van der Waals surface area contributed by atoms with Crippen molar-refractivity contribution in [3.05, 3.63) is 66.2 Å². The highest BCUT2D eigenvalue weighted by atomic mass is 16.5. The van der Waals surface area contributed by atoms with Crippen LogP contribution in [0, 0.1) is 13.8 Å². The van der Waals surface area contributed by atoms with Gasteiger partial charge in [0.05, 0.1) is 0 Å². The smallest absolute Gasteiger partial charge is 0.265 e. The summed E-state index contributed by atoms with van der Waals surface area (Å²) in [5, 5.41) is 2.83. The molecule has 0 fully saturated rings. The van der Waals surface area contributed by atoms with Crippen molar-refractivity contribution in [1.82, 2.24) is 0 Å². The van der Waals surface area contributed by atoms with E-state index in [0.717, 1.165) is 11.3 Å². The van der Waals surface area contributed by atoms with E-state index < -0.39 is 6.10 Å². The van der Waals surface area contributed by atoms with Gasteiger partial charge in [0.2, 0.25) is 0 Å². The molecule has 1 N–H and O–H groups in total. The van der Waals surface area contributed by atoms with Gasteiger partial charge in [-0.05, 0) is 68.3 Å². The van der Waals surface area contributed by atoms with Crippen LogP contribution in [-0.4, -0.2) is 18.6 Å². The lowest BCUT2D eigenvalue weighted by molar-refractivity contribution is -0.122. The second-order valence-electron chi connectivity index (χ2n) is 5.62. The molecule has 0 saturated heterocycles. The highest BCUT2D eigenvalue weighted by Crippen LogP contribution is 2.19. The van der Waals surface area contributed by atoms with Crippen LogP contribution < -0.4 is 14.8 Å². The van der Waals surface area contributed by atoms with Crippen LogP contribution in [0.25, 0.3) is 0 Å². The molecule has 0 aliphatic carbocycles. The van der Waals surface area contributed by atoms with Crippen LogP contribution in [0.5, 0.6) is 11.5 Å². The quantitative estimate of drug-likeness (QED) is 0.773. The van der Waals surface area contributed by atoms with Crippen LogP contribution in [0.1, 0.15) is 18.1 Å². The topological polar surface area (TPSA) is 47.6 Å². The van der Waals surface area contributed by atoms with Crippen LogP contribution >= 0.6 is 0 Å². The third kappa shape index (κ3) is 4.88. The SMILES string of the molecule is C=CCOc1ccc(NC(=O)[C@H](C)Oc2ccc(C)c(C)c2)cc1. The first-order valence-electron chi connectivity index (χ1n) is 7.88. The lowest BCUT2D eigenvalue weighted by atomic mass is 10.1. The van der Waals surface area contributed by atoms with Crippen molar-refractivity contribution in [2.45, 2.75) is 26.9 Å². The average molecular weight is 325 g/mol. The fourth-order valence-corrected chi connectivity index (χ4v) is 2.08. The molecular weight excluding hydrogens is 302 g/mol. The largest absolute Gasteiger partial charge is 0.490 e. The van der Waals surface area contributed by atoms with Gasteiger partial charge in [-0.1, -0.05) is 18.7 Å². The summed E-state index contributed by atoms with van der Waals surface area (Å²) in [6, 6.07) is 13.0. The summed E-state index contributed by atoms with van der Waals surface area (Å²) in [6.45, 7) is 9.84. The molecule has 2 rings (SSSR count). The van der Waals surface area contributed by atoms with Crippen molar-refractivity contribution in [3.63, 3.8) is 0 Å². The third-order valence-corrected chi connectivity index (χ3v) is 3.65. The summed E-state index contributed by atoms with van der Waals surface area (Å²) in [4.78, 5) is 12.2. The van der Waals surface area contributed by atoms with Gasteiger partial charge in [0.25, 0.3) is 5.91 Å². The fraction of sp³-hybridized carbons (Fsp3) is 0.250. The minimum Gasteiger partial charge on any atom is -0.490 e. The van der Waals surface area contributed by atoms with Crippen molar-refractivity contribution in [2.75, 3.05) is 11.9 Å². The zero-order chi connectivity index (χ0) is 17.5. The van der Waals surface area contributed by atoms with Crippen molar-refractivity contribution >= 4 is 11.6 Å². The summed E-state index contributed by atoms with van der Waals surface area (Å²) in [5.41, 5.74) is 3.02. The molecule has 0 aromatic heterocycles. The Morgan fingerprint density at radius 3 is 2.42 bits per heavy atom. The van der Waals surface area contributed by atoms with Crippen molar-refractivity contribution < 1.29 is 14.3 Å². The first-order valence-corrected chi connectivity index (χ1v) is 7.88. The van der Waals surface area contributed by atoms with Gasteiger partial charge in [-0.3, -0.25) is 4.79 Å². The minimum absolute atomic E-state index is 0.201. The highest BCUT2D eigenvalue weighted by molar-refractivity contribution is 5.94. The molecule has 2 aromatic carbocycles. The van der Waals surface area contributed by atoms with Crippen LogP contribution in [-0.2, 0) is 4.79 Å². The Labute approximate surface area is 143 Å². The summed E-state index contributed by atoms with van der Waals surface area (Å²) in [7, 11) is 0. The molecule has 1 atom stereocenters. The van der Waals surface area contributed by atoms with Crippen molar-refractivity contribution in [3.8, 4) is 11.5 Å². The predicted molar refractivity (Wildman–Crippen MR) is 96.8 cm³/mol. The molecule has 0 aliphatic rings. The zero-order valence-corrected chi connectivity index (χ0v) is 14.3. The number of carbonyl (C=O) groups is 1. The molecule has 126 valence electrons. The maximum atomic E-state index is 12.2. The number of rotatable bonds is 7. The lowest BCUT2D eigenvalue weighted by Gasteiger charge is -2.16. The number of amides is 1. The zero-order valence-electron chi connectivity index (χ0n) is 14.3. The predicted octanol–water partition coefficient (Wildman–Crippen LogP) is 4.27. The molecule has 0 heterocycles.